The van der Waals surface area contributed by atoms with Gasteiger partial charge >= 0.3 is 48.9 Å². The van der Waals surface area contributed by atoms with Crippen LogP contribution in [0.25, 0.3) is 21.5 Å². The number of carbonyl (C=O) groups is 1. The number of ether oxygens (including phenoxy) is 2. The number of fused-ring (bicyclic) bond motifs is 2. The van der Waals surface area contributed by atoms with Gasteiger partial charge in [0.1, 0.15) is 28.6 Å². The molecule has 8 aromatic rings. The maximum Gasteiger partial charge on any atom is 2.00 e. The predicted molar refractivity (Wildman–Crippen MR) is 284 cm³/mol. The number of aromatic hydroxyl groups is 1. The summed E-state index contributed by atoms with van der Waals surface area (Å²) in [5, 5.41) is 58.8. The Kier molecular flexibility index (Phi) is 19.3. The fourth-order valence-electron chi connectivity index (χ4n) is 7.48. The van der Waals surface area contributed by atoms with E-state index in [4.69, 9.17) is 32.7 Å². The molecule has 4 N–H and O–H groups in total. The van der Waals surface area contributed by atoms with Crippen molar-refractivity contribution < 1.29 is 55.5 Å². The Morgan fingerprint density at radius 3 is 1.61 bits per heavy atom. The van der Waals surface area contributed by atoms with Crippen LogP contribution in [0.5, 0.6) is 23.0 Å². The SMILES string of the molecule is CCOc1cccc(N=C([O-])c2cc3ccccc3c(N=Nc3c(Cl)ccc(S(=O)(=O)O)c3C)c2[O-])c1.CCOc1cccc(NC(=O)c2cc3ccccc3c(N=Nc3c(Cl)ccc(S(=O)(=O)O)c3C)c2O)c1.[Ba+2]. The van der Waals surface area contributed by atoms with Crippen LogP contribution in [0.15, 0.2) is 169 Å². The molecule has 18 nitrogen and oxygen atoms in total. The minimum Gasteiger partial charge on any atom is -0.871 e. The van der Waals surface area contributed by atoms with Crippen LogP contribution < -0.4 is 25.0 Å². The van der Waals surface area contributed by atoms with Crippen molar-refractivity contribution in [2.75, 3.05) is 18.5 Å². The molecule has 0 fully saturated rings. The monoisotopic (exact) mass is 1210 g/mol. The summed E-state index contributed by atoms with van der Waals surface area (Å²) in [5.74, 6) is -1.39. The number of aliphatic imine (C=N–C) groups is 1. The molecule has 0 spiro atoms. The van der Waals surface area contributed by atoms with Crippen molar-refractivity contribution in [1.29, 1.82) is 0 Å². The zero-order valence-electron chi connectivity index (χ0n) is 40.1. The first kappa shape index (κ1) is 57.9. The van der Waals surface area contributed by atoms with Gasteiger partial charge in [-0.15, -0.1) is 15.3 Å². The average Bonchev–Trinajstić information content (AvgIpc) is 3.34. The van der Waals surface area contributed by atoms with E-state index in [1.54, 1.807) is 97.1 Å². The number of nitrogens with zero attached hydrogens (tertiary/aromatic N) is 5. The molecule has 8 rings (SSSR count). The van der Waals surface area contributed by atoms with Gasteiger partial charge in [0.2, 0.25) is 0 Å². The van der Waals surface area contributed by atoms with Crippen LogP contribution in [-0.2, 0) is 20.2 Å². The molecule has 0 saturated heterocycles. The number of amides is 1. The second-order valence-corrected chi connectivity index (χ2v) is 19.4. The maximum absolute atomic E-state index is 13.4. The molecule has 8 aromatic carbocycles. The van der Waals surface area contributed by atoms with Crippen LogP contribution in [0.2, 0.25) is 10.0 Å². The van der Waals surface area contributed by atoms with E-state index in [0.29, 0.717) is 57.6 Å². The summed E-state index contributed by atoms with van der Waals surface area (Å²) in [7, 11) is -9.07. The summed E-state index contributed by atoms with van der Waals surface area (Å²) in [5.41, 5.74) is 0.418. The molecule has 0 atom stereocenters. The summed E-state index contributed by atoms with van der Waals surface area (Å²) in [6.07, 6.45) is 0. The molecule has 0 aliphatic rings. The molecule has 75 heavy (non-hydrogen) atoms. The van der Waals surface area contributed by atoms with E-state index in [2.05, 4.69) is 30.8 Å². The molecule has 0 aliphatic heterocycles. The number of nitrogens with one attached hydrogen (secondary N) is 1. The Balaban J connectivity index is 0.000000241. The summed E-state index contributed by atoms with van der Waals surface area (Å²) >= 11 is 12.4. The van der Waals surface area contributed by atoms with Gasteiger partial charge in [-0.2, -0.15) is 21.9 Å². The van der Waals surface area contributed by atoms with Crippen LogP contribution in [0, 0.1) is 13.8 Å². The Hall–Kier alpha value is -6.41. The second-order valence-electron chi connectivity index (χ2n) is 15.8. The number of phenols is 1. The quantitative estimate of drug-likeness (QED) is 0.0260. The minimum atomic E-state index is -4.54. The molecular formula is C52H42BaCl2N6O12S2. The molecule has 0 heterocycles. The van der Waals surface area contributed by atoms with Crippen LogP contribution in [-0.4, -0.2) is 105 Å². The van der Waals surface area contributed by atoms with Gasteiger partial charge in [0.25, 0.3) is 26.1 Å². The number of phenolic OH excluding ortho intramolecular Hbond substituents is 1. The number of rotatable bonds is 14. The van der Waals surface area contributed by atoms with Gasteiger partial charge < -0.3 is 30.1 Å². The first-order valence-corrected chi connectivity index (χ1v) is 25.7. The van der Waals surface area contributed by atoms with Gasteiger partial charge in [-0.3, -0.25) is 18.9 Å². The third-order valence-corrected chi connectivity index (χ3v) is 13.5. The van der Waals surface area contributed by atoms with Crippen LogP contribution >= 0.6 is 23.2 Å². The van der Waals surface area contributed by atoms with Crippen molar-refractivity contribution in [2.24, 2.45) is 25.4 Å². The molecule has 0 radical (unpaired) electrons. The van der Waals surface area contributed by atoms with Gasteiger partial charge in [0.15, 0.2) is 5.75 Å². The first-order chi connectivity index (χ1) is 35.2. The summed E-state index contributed by atoms with van der Waals surface area (Å²) < 4.78 is 76.6. The molecule has 23 heteroatoms. The number of azo groups is 2. The van der Waals surface area contributed by atoms with Crippen LogP contribution in [0.4, 0.5) is 34.1 Å². The number of halogens is 2. The van der Waals surface area contributed by atoms with Crippen molar-refractivity contribution in [1.82, 2.24) is 0 Å². The fraction of sp³-hybridized carbons (Fsp3) is 0.115. The Morgan fingerprint density at radius 1 is 0.613 bits per heavy atom. The summed E-state index contributed by atoms with van der Waals surface area (Å²) in [6, 6.07) is 34.9. The normalized spacial score (nSPS) is 11.9. The predicted octanol–water partition coefficient (Wildman–Crippen LogP) is 11.8. The molecule has 380 valence electrons. The van der Waals surface area contributed by atoms with Crippen LogP contribution in [0.3, 0.4) is 0 Å². The zero-order chi connectivity index (χ0) is 53.5. The standard InChI is InChI=1S/2C26H22ClN3O6S.Ba/c2*1-3-36-18-9-6-8-17(14-18)28-26(32)20-13-16-7-4-5-10-19(16)24(25(20)31)30-29-23-15(2)22(37(33,34)35)12-11-21(23)27;/h2*4-14,31H,3H2,1-2H3,(H,28,32)(H,33,34,35);/q;;+2/p-2. The molecule has 0 aliphatic carbocycles. The summed E-state index contributed by atoms with van der Waals surface area (Å²) in [6.45, 7) is 7.40. The van der Waals surface area contributed by atoms with Crippen molar-refractivity contribution in [2.45, 2.75) is 37.5 Å². The molecule has 0 unspecified atom stereocenters. The molecule has 0 aromatic heterocycles. The van der Waals surface area contributed by atoms with Crippen molar-refractivity contribution in [3.05, 3.63) is 166 Å². The Labute approximate surface area is 481 Å². The van der Waals surface area contributed by atoms with E-state index < -0.39 is 48.4 Å². The van der Waals surface area contributed by atoms with Crippen molar-refractivity contribution >= 4 is 160 Å². The van der Waals surface area contributed by atoms with E-state index in [1.807, 2.05) is 13.8 Å². The van der Waals surface area contributed by atoms with Gasteiger partial charge in [0, 0.05) is 28.6 Å². The minimum absolute atomic E-state index is 0. The number of benzene rings is 8. The molecular weight excluding hydrogens is 1170 g/mol. The van der Waals surface area contributed by atoms with Gasteiger partial charge in [-0.1, -0.05) is 89.6 Å². The average molecular weight is 1220 g/mol. The number of hydrogen-bond donors (Lipinski definition) is 4. The third kappa shape index (κ3) is 13.7. The number of anilines is 1. The first-order valence-electron chi connectivity index (χ1n) is 22.1. The van der Waals surface area contributed by atoms with Crippen molar-refractivity contribution in [3.63, 3.8) is 0 Å². The maximum atomic E-state index is 13.4. The van der Waals surface area contributed by atoms with E-state index >= 15 is 0 Å². The van der Waals surface area contributed by atoms with E-state index in [-0.39, 0.29) is 109 Å². The van der Waals surface area contributed by atoms with Gasteiger partial charge in [0.05, 0.1) is 50.0 Å². The third-order valence-electron chi connectivity index (χ3n) is 10.9. The topological polar surface area (TPSA) is 284 Å². The molecule has 0 bridgehead atoms. The Bertz CT molecular complexity index is 3830. The molecule has 0 saturated carbocycles. The largest absolute Gasteiger partial charge is 2.00 e. The van der Waals surface area contributed by atoms with Gasteiger partial charge in [-0.05, 0) is 122 Å². The Morgan fingerprint density at radius 2 is 1.08 bits per heavy atom. The van der Waals surface area contributed by atoms with E-state index in [9.17, 15) is 46.1 Å². The zero-order valence-corrected chi connectivity index (χ0v) is 47.7. The van der Waals surface area contributed by atoms with E-state index in [0.717, 1.165) is 12.1 Å². The van der Waals surface area contributed by atoms with Crippen molar-refractivity contribution in [3.8, 4) is 23.0 Å². The summed E-state index contributed by atoms with van der Waals surface area (Å²) in [4.78, 5) is 16.4. The molecule has 1 amide bonds. The number of carbonyl (C=O) groups excluding carboxylic acids is 1. The van der Waals surface area contributed by atoms with E-state index in [1.165, 1.54) is 38.1 Å². The van der Waals surface area contributed by atoms with Gasteiger partial charge in [-0.25, -0.2) is 0 Å². The second kappa shape index (κ2) is 25.0. The smallest absolute Gasteiger partial charge is 0.871 e. The van der Waals surface area contributed by atoms with Crippen LogP contribution in [0.1, 0.15) is 40.9 Å². The number of hydrogen-bond acceptors (Lipinski definition) is 15. The fourth-order valence-corrected chi connectivity index (χ4v) is 9.41.